The Bertz CT molecular complexity index is 119. The number of morpholine rings is 1. The lowest BCUT2D eigenvalue weighted by atomic mass is 10.5. The van der Waals surface area contributed by atoms with Crippen LogP contribution in [0.2, 0.25) is 0 Å². The minimum atomic E-state index is 0.00116. The molecule has 0 aromatic heterocycles. The van der Waals surface area contributed by atoms with E-state index in [0.717, 1.165) is 11.0 Å². The lowest BCUT2D eigenvalue weighted by Crippen LogP contribution is -2.35. The van der Waals surface area contributed by atoms with Crippen molar-refractivity contribution in [1.29, 1.82) is 0 Å². The summed E-state index contributed by atoms with van der Waals surface area (Å²) in [4.78, 5) is 10.8. The smallest absolute Gasteiger partial charge is 0.259 e. The van der Waals surface area contributed by atoms with E-state index in [2.05, 4.69) is 11.7 Å². The molecule has 0 unspecified atom stereocenters. The van der Waals surface area contributed by atoms with Crippen LogP contribution in [0.1, 0.15) is 0 Å². The Kier molecular flexibility index (Phi) is 2.68. The molecule has 0 spiro atoms. The largest absolute Gasteiger partial charge is 0.370 e. The Morgan fingerprint density at radius 2 is 2.56 bits per heavy atom. The van der Waals surface area contributed by atoms with Crippen molar-refractivity contribution < 1.29 is 9.53 Å². The van der Waals surface area contributed by atoms with Crippen molar-refractivity contribution in [1.82, 2.24) is 4.31 Å². The molecule has 9 heavy (non-hydrogen) atoms. The molecule has 1 fully saturated rings. The molecule has 1 heterocycles. The molecule has 1 aliphatic heterocycles. The topological polar surface area (TPSA) is 29.5 Å². The summed E-state index contributed by atoms with van der Waals surface area (Å²) in [6.07, 6.45) is 0. The fourth-order valence-electron chi connectivity index (χ4n) is 0.590. The monoisotopic (exact) mass is 165 g/mol. The summed E-state index contributed by atoms with van der Waals surface area (Å²) in [5.74, 6) is 0.00116. The molecule has 0 aromatic rings. The number of thiol groups is 1. The molecular weight excluding hydrogens is 158 g/mol. The summed E-state index contributed by atoms with van der Waals surface area (Å²) in [7, 11) is 1.15. The van der Waals surface area contributed by atoms with Crippen LogP contribution >= 0.6 is 22.6 Å². The zero-order chi connectivity index (χ0) is 6.69. The van der Waals surface area contributed by atoms with Crippen LogP contribution in [-0.4, -0.2) is 30.0 Å². The van der Waals surface area contributed by atoms with Gasteiger partial charge in [-0.1, -0.05) is 11.7 Å². The summed E-state index contributed by atoms with van der Waals surface area (Å²) < 4.78 is 6.45. The van der Waals surface area contributed by atoms with E-state index < -0.39 is 0 Å². The lowest BCUT2D eigenvalue weighted by Gasteiger charge is -2.22. The molecule has 1 aliphatic rings. The highest BCUT2D eigenvalue weighted by Crippen LogP contribution is 2.15. The summed E-state index contributed by atoms with van der Waals surface area (Å²) in [6, 6.07) is 0. The molecule has 0 radical (unpaired) electrons. The van der Waals surface area contributed by atoms with Crippen LogP contribution < -0.4 is 0 Å². The first-order valence-electron chi connectivity index (χ1n) is 2.54. The number of nitrogens with zero attached hydrogens (tertiary/aromatic N) is 1. The second-order valence-corrected chi connectivity index (χ2v) is 2.72. The van der Waals surface area contributed by atoms with Crippen molar-refractivity contribution in [3.63, 3.8) is 0 Å². The quantitative estimate of drug-likeness (QED) is 0.345. The van der Waals surface area contributed by atoms with E-state index in [0.29, 0.717) is 13.2 Å². The third-order valence-corrected chi connectivity index (χ3v) is 2.22. The van der Waals surface area contributed by atoms with Gasteiger partial charge in [-0.3, -0.25) is 9.10 Å². The second kappa shape index (κ2) is 3.34. The molecule has 0 aliphatic carbocycles. The molecule has 5 heteroatoms. The Morgan fingerprint density at radius 3 is 3.00 bits per heavy atom. The van der Waals surface area contributed by atoms with Crippen molar-refractivity contribution in [2.24, 2.45) is 0 Å². The maximum Gasteiger partial charge on any atom is 0.259 e. The molecule has 0 N–H and O–H groups in total. The lowest BCUT2D eigenvalue weighted by molar-refractivity contribution is -0.135. The van der Waals surface area contributed by atoms with Gasteiger partial charge in [0.2, 0.25) is 0 Å². The molecule has 0 aromatic carbocycles. The Balaban J connectivity index is 2.39. The van der Waals surface area contributed by atoms with E-state index in [1.54, 1.807) is 4.31 Å². The van der Waals surface area contributed by atoms with Gasteiger partial charge in [-0.15, -0.1) is 0 Å². The number of carbonyl (C=O) groups is 1. The fraction of sp³-hybridized carbons (Fsp3) is 0.750. The zero-order valence-electron chi connectivity index (χ0n) is 4.74. The molecule has 1 rings (SSSR count). The third kappa shape index (κ3) is 1.77. The van der Waals surface area contributed by atoms with Gasteiger partial charge in [-0.05, 0) is 0 Å². The van der Waals surface area contributed by atoms with Gasteiger partial charge in [0.1, 0.15) is 6.61 Å². The van der Waals surface area contributed by atoms with Crippen LogP contribution in [0.5, 0.6) is 0 Å². The summed E-state index contributed by atoms with van der Waals surface area (Å²) in [5, 5.41) is 0. The molecule has 1 saturated heterocycles. The van der Waals surface area contributed by atoms with Gasteiger partial charge in [0, 0.05) is 11.0 Å². The Hall–Kier alpha value is 0.130. The Labute approximate surface area is 62.7 Å². The maximum absolute atomic E-state index is 10.8. The number of carbonyl (C=O) groups excluding carboxylic acids is 1. The average Bonchev–Trinajstić information content (AvgIpc) is 1.89. The van der Waals surface area contributed by atoms with E-state index >= 15 is 0 Å². The minimum absolute atomic E-state index is 0.00116. The highest BCUT2D eigenvalue weighted by Gasteiger charge is 2.17. The molecule has 0 bridgehead atoms. The van der Waals surface area contributed by atoms with E-state index in [4.69, 9.17) is 4.74 Å². The number of rotatable bonds is 1. The van der Waals surface area contributed by atoms with Gasteiger partial charge in [-0.2, -0.15) is 0 Å². The first-order valence-corrected chi connectivity index (χ1v) is 4.37. The van der Waals surface area contributed by atoms with Crippen LogP contribution in [0.15, 0.2) is 0 Å². The highest BCUT2D eigenvalue weighted by atomic mass is 33.1. The predicted octanol–water partition coefficient (Wildman–Crippen LogP) is 0.338. The summed E-state index contributed by atoms with van der Waals surface area (Å²) in [5.41, 5.74) is 0. The molecular formula is C4H7NO2S2. The van der Waals surface area contributed by atoms with Crippen LogP contribution in [0.3, 0.4) is 0 Å². The van der Waals surface area contributed by atoms with Gasteiger partial charge >= 0.3 is 0 Å². The predicted molar refractivity (Wildman–Crippen MR) is 39.1 cm³/mol. The van der Waals surface area contributed by atoms with Crippen molar-refractivity contribution >= 4 is 28.5 Å². The van der Waals surface area contributed by atoms with Crippen LogP contribution in [0.4, 0.5) is 0 Å². The summed E-state index contributed by atoms with van der Waals surface area (Å²) >= 11 is 3.89. The normalized spacial score (nSPS) is 20.6. The van der Waals surface area contributed by atoms with Gasteiger partial charge < -0.3 is 4.74 Å². The third-order valence-electron chi connectivity index (χ3n) is 1.04. The SMILES string of the molecule is O=C1COCCN1SS. The molecule has 1 amide bonds. The van der Waals surface area contributed by atoms with E-state index in [9.17, 15) is 4.79 Å². The first kappa shape index (κ1) is 7.24. The first-order chi connectivity index (χ1) is 4.34. The molecule has 3 nitrogen and oxygen atoms in total. The number of hydrogen-bond donors (Lipinski definition) is 1. The van der Waals surface area contributed by atoms with E-state index in [1.807, 2.05) is 0 Å². The maximum atomic E-state index is 10.8. The molecule has 0 saturated carbocycles. The molecule has 0 atom stereocenters. The Morgan fingerprint density at radius 1 is 1.78 bits per heavy atom. The average molecular weight is 165 g/mol. The van der Waals surface area contributed by atoms with Gasteiger partial charge in [0.05, 0.1) is 13.2 Å². The van der Waals surface area contributed by atoms with E-state index in [1.165, 1.54) is 0 Å². The summed E-state index contributed by atoms with van der Waals surface area (Å²) in [6.45, 7) is 1.47. The van der Waals surface area contributed by atoms with Crippen molar-refractivity contribution in [3.8, 4) is 0 Å². The van der Waals surface area contributed by atoms with Crippen LogP contribution in [-0.2, 0) is 9.53 Å². The van der Waals surface area contributed by atoms with Crippen molar-refractivity contribution in [2.75, 3.05) is 19.8 Å². The number of amides is 1. The number of hydrogen-bond acceptors (Lipinski definition) is 4. The van der Waals surface area contributed by atoms with Gasteiger partial charge in [0.25, 0.3) is 5.91 Å². The zero-order valence-corrected chi connectivity index (χ0v) is 6.45. The van der Waals surface area contributed by atoms with Crippen LogP contribution in [0, 0.1) is 0 Å². The number of ether oxygens (including phenoxy) is 1. The van der Waals surface area contributed by atoms with E-state index in [-0.39, 0.29) is 12.5 Å². The minimum Gasteiger partial charge on any atom is -0.370 e. The second-order valence-electron chi connectivity index (χ2n) is 1.63. The van der Waals surface area contributed by atoms with Crippen molar-refractivity contribution in [3.05, 3.63) is 0 Å². The van der Waals surface area contributed by atoms with Crippen LogP contribution in [0.25, 0.3) is 0 Å². The fourth-order valence-corrected chi connectivity index (χ4v) is 1.41. The molecule has 52 valence electrons. The van der Waals surface area contributed by atoms with Crippen molar-refractivity contribution in [2.45, 2.75) is 0 Å². The highest BCUT2D eigenvalue weighted by molar-refractivity contribution is 8.67. The standard InChI is InChI=1S/C4H7NO2S2/c6-4-3-7-2-1-5(4)9-8/h8H,1-3H2. The van der Waals surface area contributed by atoms with Gasteiger partial charge in [0.15, 0.2) is 0 Å². The van der Waals surface area contributed by atoms with Gasteiger partial charge in [-0.25, -0.2) is 0 Å².